The van der Waals surface area contributed by atoms with Crippen molar-refractivity contribution in [1.29, 1.82) is 0 Å². The molecule has 2 heteroatoms. The minimum atomic E-state index is 1.23. The van der Waals surface area contributed by atoms with Crippen LogP contribution in [0.3, 0.4) is 0 Å². The fourth-order valence-corrected chi connectivity index (χ4v) is 3.50. The predicted octanol–water partition coefficient (Wildman–Crippen LogP) is 5.90. The molecule has 0 N–H and O–H groups in total. The summed E-state index contributed by atoms with van der Waals surface area (Å²) in [6, 6.07) is 29.9. The van der Waals surface area contributed by atoms with Crippen molar-refractivity contribution in [2.75, 3.05) is 0 Å². The van der Waals surface area contributed by atoms with Crippen LogP contribution in [0.5, 0.6) is 0 Å². The van der Waals surface area contributed by atoms with E-state index in [4.69, 9.17) is 0 Å². The lowest BCUT2D eigenvalue weighted by Crippen LogP contribution is -1.98. The summed E-state index contributed by atoms with van der Waals surface area (Å²) in [5.74, 6) is 0. The summed E-state index contributed by atoms with van der Waals surface area (Å²) in [6.45, 7) is 0. The van der Waals surface area contributed by atoms with Crippen LogP contribution in [0.1, 0.15) is 0 Å². The molecule has 0 aliphatic rings. The van der Waals surface area contributed by atoms with Crippen LogP contribution >= 0.6 is 22.6 Å². The summed E-state index contributed by atoms with van der Waals surface area (Å²) in [7, 11) is 0. The van der Waals surface area contributed by atoms with Gasteiger partial charge in [0.05, 0.1) is 16.9 Å². The van der Waals surface area contributed by atoms with Crippen LogP contribution in [0.2, 0.25) is 0 Å². The molecule has 22 heavy (non-hydrogen) atoms. The van der Waals surface area contributed by atoms with E-state index in [-0.39, 0.29) is 0 Å². The van der Waals surface area contributed by atoms with Gasteiger partial charge in [0.1, 0.15) is 0 Å². The molecule has 0 bridgehead atoms. The molecule has 0 unspecified atom stereocenters. The average molecular weight is 395 g/mol. The van der Waals surface area contributed by atoms with E-state index in [0.29, 0.717) is 0 Å². The standard InChI is InChI=1S/C20H14IN/c21-17-11-5-7-13-19(17)22-18-12-6-4-10-16(18)14-20(22)15-8-2-1-3-9-15/h1-14H. The molecule has 1 nitrogen and oxygen atoms in total. The predicted molar refractivity (Wildman–Crippen MR) is 101 cm³/mol. The van der Waals surface area contributed by atoms with Crippen LogP contribution in [-0.4, -0.2) is 4.57 Å². The Morgan fingerprint density at radius 1 is 0.682 bits per heavy atom. The Hall–Kier alpha value is -2.07. The van der Waals surface area contributed by atoms with E-state index >= 15 is 0 Å². The molecule has 0 aliphatic heterocycles. The van der Waals surface area contributed by atoms with Crippen LogP contribution in [-0.2, 0) is 0 Å². The molecule has 0 atom stereocenters. The van der Waals surface area contributed by atoms with Gasteiger partial charge in [0.2, 0.25) is 0 Å². The third-order valence-electron chi connectivity index (χ3n) is 3.87. The zero-order valence-electron chi connectivity index (χ0n) is 11.9. The highest BCUT2D eigenvalue weighted by Gasteiger charge is 2.13. The molecule has 0 spiro atoms. The van der Waals surface area contributed by atoms with Gasteiger partial charge >= 0.3 is 0 Å². The van der Waals surface area contributed by atoms with Crippen molar-refractivity contribution in [3.05, 3.63) is 88.5 Å². The number of rotatable bonds is 2. The second kappa shape index (κ2) is 5.61. The Balaban J connectivity index is 2.10. The van der Waals surface area contributed by atoms with Crippen molar-refractivity contribution in [2.45, 2.75) is 0 Å². The number of aromatic nitrogens is 1. The monoisotopic (exact) mass is 395 g/mol. The van der Waals surface area contributed by atoms with Gasteiger partial charge in [-0.15, -0.1) is 0 Å². The molecule has 0 amide bonds. The highest BCUT2D eigenvalue weighted by atomic mass is 127. The molecule has 0 fully saturated rings. The first kappa shape index (κ1) is 13.6. The van der Waals surface area contributed by atoms with Crippen molar-refractivity contribution in [3.8, 4) is 16.9 Å². The Bertz CT molecular complexity index is 938. The third-order valence-corrected chi connectivity index (χ3v) is 4.79. The van der Waals surface area contributed by atoms with Crippen LogP contribution in [0.4, 0.5) is 0 Å². The maximum atomic E-state index is 2.41. The molecule has 0 aliphatic carbocycles. The second-order valence-electron chi connectivity index (χ2n) is 5.24. The van der Waals surface area contributed by atoms with E-state index in [1.165, 1.54) is 31.4 Å². The summed E-state index contributed by atoms with van der Waals surface area (Å²) >= 11 is 2.41. The first-order chi connectivity index (χ1) is 10.8. The quantitative estimate of drug-likeness (QED) is 0.373. The Kier molecular flexibility index (Phi) is 3.47. The molecular formula is C20H14IN. The van der Waals surface area contributed by atoms with Gasteiger partial charge in [0.25, 0.3) is 0 Å². The van der Waals surface area contributed by atoms with E-state index in [1.54, 1.807) is 0 Å². The highest BCUT2D eigenvalue weighted by molar-refractivity contribution is 14.1. The van der Waals surface area contributed by atoms with E-state index in [9.17, 15) is 0 Å². The first-order valence-electron chi connectivity index (χ1n) is 7.25. The lowest BCUT2D eigenvalue weighted by molar-refractivity contribution is 1.12. The van der Waals surface area contributed by atoms with Gasteiger partial charge in [0, 0.05) is 8.96 Å². The van der Waals surface area contributed by atoms with Crippen molar-refractivity contribution >= 4 is 33.5 Å². The number of hydrogen-bond acceptors (Lipinski definition) is 0. The second-order valence-corrected chi connectivity index (χ2v) is 6.40. The average Bonchev–Trinajstić information content (AvgIpc) is 2.95. The molecule has 1 aromatic heterocycles. The maximum absolute atomic E-state index is 2.41. The molecule has 0 saturated carbocycles. The fourth-order valence-electron chi connectivity index (χ4n) is 2.87. The van der Waals surface area contributed by atoms with Gasteiger partial charge in [0.15, 0.2) is 0 Å². The molecule has 0 radical (unpaired) electrons. The largest absolute Gasteiger partial charge is 0.308 e. The van der Waals surface area contributed by atoms with Crippen molar-refractivity contribution in [1.82, 2.24) is 4.57 Å². The number of hydrogen-bond donors (Lipinski definition) is 0. The van der Waals surface area contributed by atoms with Crippen molar-refractivity contribution < 1.29 is 0 Å². The van der Waals surface area contributed by atoms with Gasteiger partial charge < -0.3 is 4.57 Å². The molecular weight excluding hydrogens is 381 g/mol. The molecule has 3 aromatic carbocycles. The summed E-state index contributed by atoms with van der Waals surface area (Å²) in [4.78, 5) is 0. The molecule has 106 valence electrons. The number of fused-ring (bicyclic) bond motifs is 1. The zero-order valence-corrected chi connectivity index (χ0v) is 14.1. The summed E-state index contributed by atoms with van der Waals surface area (Å²) in [5, 5.41) is 1.26. The Morgan fingerprint density at radius 2 is 1.36 bits per heavy atom. The number of benzene rings is 3. The smallest absolute Gasteiger partial charge is 0.0595 e. The first-order valence-corrected chi connectivity index (χ1v) is 8.33. The van der Waals surface area contributed by atoms with E-state index in [1.807, 2.05) is 0 Å². The van der Waals surface area contributed by atoms with Crippen LogP contribution in [0, 0.1) is 3.57 Å². The van der Waals surface area contributed by atoms with Gasteiger partial charge in [-0.1, -0.05) is 60.7 Å². The molecule has 0 saturated heterocycles. The van der Waals surface area contributed by atoms with Gasteiger partial charge in [-0.3, -0.25) is 0 Å². The summed E-state index contributed by atoms with van der Waals surface area (Å²) < 4.78 is 3.60. The highest BCUT2D eigenvalue weighted by Crippen LogP contribution is 2.32. The van der Waals surface area contributed by atoms with Crippen molar-refractivity contribution in [2.24, 2.45) is 0 Å². The summed E-state index contributed by atoms with van der Waals surface area (Å²) in [6.07, 6.45) is 0. The number of halogens is 1. The van der Waals surface area contributed by atoms with Crippen LogP contribution in [0.25, 0.3) is 27.8 Å². The molecule has 4 aromatic rings. The fraction of sp³-hybridized carbons (Fsp3) is 0. The number of para-hydroxylation sites is 2. The third kappa shape index (κ3) is 2.24. The van der Waals surface area contributed by atoms with Gasteiger partial charge in [-0.05, 0) is 52.4 Å². The minimum Gasteiger partial charge on any atom is -0.308 e. The van der Waals surface area contributed by atoms with E-state index in [2.05, 4.69) is 112 Å². The summed E-state index contributed by atoms with van der Waals surface area (Å²) in [5.41, 5.74) is 4.93. The van der Waals surface area contributed by atoms with Gasteiger partial charge in [-0.2, -0.15) is 0 Å². The van der Waals surface area contributed by atoms with Crippen molar-refractivity contribution in [3.63, 3.8) is 0 Å². The van der Waals surface area contributed by atoms with Crippen LogP contribution in [0.15, 0.2) is 84.9 Å². The SMILES string of the molecule is Ic1ccccc1-n1c(-c2ccccc2)cc2ccccc21. The lowest BCUT2D eigenvalue weighted by Gasteiger charge is -2.13. The van der Waals surface area contributed by atoms with Gasteiger partial charge in [-0.25, -0.2) is 0 Å². The topological polar surface area (TPSA) is 4.93 Å². The normalized spacial score (nSPS) is 11.0. The zero-order chi connectivity index (χ0) is 14.9. The van der Waals surface area contributed by atoms with E-state index in [0.717, 1.165) is 0 Å². The molecule has 4 rings (SSSR count). The van der Waals surface area contributed by atoms with E-state index < -0.39 is 0 Å². The molecule has 1 heterocycles. The maximum Gasteiger partial charge on any atom is 0.0595 e. The minimum absolute atomic E-state index is 1.23. The lowest BCUT2D eigenvalue weighted by atomic mass is 10.1. The van der Waals surface area contributed by atoms with Crippen LogP contribution < -0.4 is 0 Å². The Morgan fingerprint density at radius 3 is 2.18 bits per heavy atom. The number of nitrogens with zero attached hydrogens (tertiary/aromatic N) is 1. The Labute approximate surface area is 143 Å².